The van der Waals surface area contributed by atoms with E-state index in [4.69, 9.17) is 12.2 Å². The molecule has 2 heterocycles. The summed E-state index contributed by atoms with van der Waals surface area (Å²) in [4.78, 5) is 15.7. The van der Waals surface area contributed by atoms with Crippen LogP contribution in [0.4, 0.5) is 8.78 Å². The molecule has 25 heavy (non-hydrogen) atoms. The normalized spacial score (nSPS) is 15.2. The van der Waals surface area contributed by atoms with Gasteiger partial charge in [-0.15, -0.1) is 11.3 Å². The lowest BCUT2D eigenvalue weighted by Crippen LogP contribution is -2.45. The summed E-state index contributed by atoms with van der Waals surface area (Å²) in [6.07, 6.45) is 1.16. The minimum absolute atomic E-state index is 0.156. The summed E-state index contributed by atoms with van der Waals surface area (Å²) in [7, 11) is 0. The topological polar surface area (TPSA) is 32.3 Å². The molecule has 7 heteroatoms. The molecule has 1 aliphatic rings. The number of hydrogen-bond acceptors (Lipinski definition) is 3. The van der Waals surface area contributed by atoms with Gasteiger partial charge in [-0.1, -0.05) is 6.07 Å². The molecule has 1 N–H and O–H groups in total. The van der Waals surface area contributed by atoms with E-state index in [0.29, 0.717) is 37.6 Å². The van der Waals surface area contributed by atoms with Gasteiger partial charge in [0.2, 0.25) is 0 Å². The zero-order valence-electron chi connectivity index (χ0n) is 13.5. The SMILES string of the molecule is O=C(c1cc(F)ccc1F)C1CCN(C(=S)NCc2cccs2)CC1. The Bertz CT molecular complexity index is 756. The van der Waals surface area contributed by atoms with Crippen molar-refractivity contribution < 1.29 is 13.6 Å². The van der Waals surface area contributed by atoms with Crippen LogP contribution in [0.3, 0.4) is 0 Å². The van der Waals surface area contributed by atoms with Crippen molar-refractivity contribution in [3.05, 3.63) is 57.8 Å². The van der Waals surface area contributed by atoms with Gasteiger partial charge >= 0.3 is 0 Å². The molecule has 0 atom stereocenters. The fraction of sp³-hybridized carbons (Fsp3) is 0.333. The molecule has 0 unspecified atom stereocenters. The summed E-state index contributed by atoms with van der Waals surface area (Å²) in [5, 5.41) is 5.90. The highest BCUT2D eigenvalue weighted by Gasteiger charge is 2.28. The maximum atomic E-state index is 13.8. The number of carbonyl (C=O) groups excluding carboxylic acids is 1. The van der Waals surface area contributed by atoms with Gasteiger partial charge in [-0.3, -0.25) is 4.79 Å². The highest BCUT2D eigenvalue weighted by atomic mass is 32.1. The molecule has 0 aliphatic carbocycles. The molecule has 0 amide bonds. The minimum atomic E-state index is -0.665. The van der Waals surface area contributed by atoms with Crippen LogP contribution in [0.25, 0.3) is 0 Å². The molecule has 3 nitrogen and oxygen atoms in total. The zero-order valence-corrected chi connectivity index (χ0v) is 15.1. The van der Waals surface area contributed by atoms with Crippen molar-refractivity contribution in [2.45, 2.75) is 19.4 Å². The lowest BCUT2D eigenvalue weighted by atomic mass is 9.89. The van der Waals surface area contributed by atoms with Gasteiger partial charge in [0.1, 0.15) is 11.6 Å². The van der Waals surface area contributed by atoms with Crippen molar-refractivity contribution in [2.75, 3.05) is 13.1 Å². The first kappa shape index (κ1) is 17.9. The quantitative estimate of drug-likeness (QED) is 0.642. The molecule has 3 rings (SSSR count). The number of thiophene rings is 1. The van der Waals surface area contributed by atoms with E-state index in [1.54, 1.807) is 11.3 Å². The van der Waals surface area contributed by atoms with E-state index in [1.165, 1.54) is 4.88 Å². The van der Waals surface area contributed by atoms with E-state index in [-0.39, 0.29) is 17.3 Å². The molecule has 0 bridgehead atoms. The van der Waals surface area contributed by atoms with Gasteiger partial charge < -0.3 is 10.2 Å². The van der Waals surface area contributed by atoms with E-state index >= 15 is 0 Å². The Morgan fingerprint density at radius 3 is 2.72 bits per heavy atom. The van der Waals surface area contributed by atoms with Crippen LogP contribution in [-0.2, 0) is 6.54 Å². The fourth-order valence-corrected chi connectivity index (χ4v) is 3.84. The molecule has 132 valence electrons. The van der Waals surface area contributed by atoms with Crippen LogP contribution in [-0.4, -0.2) is 28.9 Å². The Kier molecular flexibility index (Phi) is 5.75. The number of carbonyl (C=O) groups is 1. The molecule has 1 fully saturated rings. The highest BCUT2D eigenvalue weighted by Crippen LogP contribution is 2.24. The molecule has 0 spiro atoms. The lowest BCUT2D eigenvalue weighted by Gasteiger charge is -2.33. The van der Waals surface area contributed by atoms with E-state index in [9.17, 15) is 13.6 Å². The molecule has 1 aliphatic heterocycles. The predicted molar refractivity (Wildman–Crippen MR) is 98.7 cm³/mol. The molecule has 0 radical (unpaired) electrons. The Labute approximate surface area is 154 Å². The number of ketones is 1. The number of rotatable bonds is 4. The van der Waals surface area contributed by atoms with Crippen molar-refractivity contribution in [3.8, 4) is 0 Å². The van der Waals surface area contributed by atoms with E-state index in [2.05, 4.69) is 5.32 Å². The number of likely N-dealkylation sites (tertiary alicyclic amines) is 1. The number of thiocarbonyl (C=S) groups is 1. The molecule has 1 saturated heterocycles. The van der Waals surface area contributed by atoms with Crippen molar-refractivity contribution >= 4 is 34.5 Å². The van der Waals surface area contributed by atoms with Gasteiger partial charge in [-0.25, -0.2) is 8.78 Å². The summed E-state index contributed by atoms with van der Waals surface area (Å²) >= 11 is 7.07. The summed E-state index contributed by atoms with van der Waals surface area (Å²) in [6.45, 7) is 1.94. The minimum Gasteiger partial charge on any atom is -0.358 e. The summed E-state index contributed by atoms with van der Waals surface area (Å²) in [6, 6.07) is 7.04. The van der Waals surface area contributed by atoms with E-state index < -0.39 is 11.6 Å². The number of benzene rings is 1. The number of piperidine rings is 1. The summed E-state index contributed by atoms with van der Waals surface area (Å²) in [5.41, 5.74) is -0.156. The number of hydrogen-bond donors (Lipinski definition) is 1. The third-order valence-corrected chi connectivity index (χ3v) is 5.62. The maximum absolute atomic E-state index is 13.8. The smallest absolute Gasteiger partial charge is 0.169 e. The Morgan fingerprint density at radius 1 is 1.28 bits per heavy atom. The van der Waals surface area contributed by atoms with Crippen molar-refractivity contribution in [1.29, 1.82) is 0 Å². The van der Waals surface area contributed by atoms with Gasteiger partial charge in [-0.05, 0) is 54.7 Å². The predicted octanol–water partition coefficient (Wildman–Crippen LogP) is 4.00. The van der Waals surface area contributed by atoms with Crippen LogP contribution in [0.1, 0.15) is 28.1 Å². The second kappa shape index (κ2) is 8.01. The Balaban J connectivity index is 1.53. The van der Waals surface area contributed by atoms with Gasteiger partial charge in [0.15, 0.2) is 10.9 Å². The van der Waals surface area contributed by atoms with Crippen LogP contribution >= 0.6 is 23.6 Å². The number of halogens is 2. The van der Waals surface area contributed by atoms with Crippen LogP contribution in [0.15, 0.2) is 35.7 Å². The first-order valence-electron chi connectivity index (χ1n) is 8.09. The van der Waals surface area contributed by atoms with E-state index in [1.807, 2.05) is 22.4 Å². The molecular formula is C18H18F2N2OS2. The number of nitrogens with one attached hydrogen (secondary N) is 1. The third-order valence-electron chi connectivity index (χ3n) is 4.34. The van der Waals surface area contributed by atoms with Crippen molar-refractivity contribution in [3.63, 3.8) is 0 Å². The third kappa shape index (κ3) is 4.41. The van der Waals surface area contributed by atoms with Gasteiger partial charge in [0.05, 0.1) is 12.1 Å². The first-order valence-corrected chi connectivity index (χ1v) is 9.38. The summed E-state index contributed by atoms with van der Waals surface area (Å²) < 4.78 is 27.1. The summed E-state index contributed by atoms with van der Waals surface area (Å²) in [5.74, 6) is -1.88. The molecule has 2 aromatic rings. The van der Waals surface area contributed by atoms with Crippen LogP contribution in [0.5, 0.6) is 0 Å². The van der Waals surface area contributed by atoms with Gasteiger partial charge in [0, 0.05) is 23.9 Å². The fourth-order valence-electron chi connectivity index (χ4n) is 2.94. The first-order chi connectivity index (χ1) is 12.0. The van der Waals surface area contributed by atoms with Crippen LogP contribution in [0.2, 0.25) is 0 Å². The van der Waals surface area contributed by atoms with Crippen molar-refractivity contribution in [2.24, 2.45) is 5.92 Å². The Morgan fingerprint density at radius 2 is 2.04 bits per heavy atom. The maximum Gasteiger partial charge on any atom is 0.169 e. The zero-order chi connectivity index (χ0) is 17.8. The van der Waals surface area contributed by atoms with Crippen molar-refractivity contribution in [1.82, 2.24) is 10.2 Å². The standard InChI is InChI=1S/C18H18F2N2OS2/c19-13-3-4-16(20)15(10-13)17(23)12-5-7-22(8-6-12)18(24)21-11-14-2-1-9-25-14/h1-4,9-10,12H,5-8,11H2,(H,21,24). The lowest BCUT2D eigenvalue weighted by molar-refractivity contribution is 0.0867. The second-order valence-electron chi connectivity index (χ2n) is 5.99. The largest absolute Gasteiger partial charge is 0.358 e. The molecule has 0 saturated carbocycles. The molecule has 1 aromatic carbocycles. The number of Topliss-reactive ketones (excluding diaryl/α,β-unsaturated/α-hetero) is 1. The van der Waals surface area contributed by atoms with E-state index in [0.717, 1.165) is 18.2 Å². The second-order valence-corrected chi connectivity index (χ2v) is 7.41. The molecule has 1 aromatic heterocycles. The number of nitrogens with zero attached hydrogens (tertiary/aromatic N) is 1. The molecular weight excluding hydrogens is 362 g/mol. The highest BCUT2D eigenvalue weighted by molar-refractivity contribution is 7.80. The van der Waals surface area contributed by atoms with Gasteiger partial charge in [0.25, 0.3) is 0 Å². The van der Waals surface area contributed by atoms with Crippen LogP contribution < -0.4 is 5.32 Å². The average Bonchev–Trinajstić information content (AvgIpc) is 3.15. The Hall–Kier alpha value is -1.86. The van der Waals surface area contributed by atoms with Gasteiger partial charge in [-0.2, -0.15) is 0 Å². The average molecular weight is 380 g/mol. The van der Waals surface area contributed by atoms with Crippen LogP contribution in [0, 0.1) is 17.6 Å². The monoisotopic (exact) mass is 380 g/mol.